The van der Waals surface area contributed by atoms with Crippen molar-refractivity contribution < 1.29 is 13.2 Å². The average molecular weight is 335 g/mol. The number of hydrogen-bond donors (Lipinski definition) is 0. The van der Waals surface area contributed by atoms with Gasteiger partial charge in [-0.25, -0.2) is 8.42 Å². The van der Waals surface area contributed by atoms with Crippen molar-refractivity contribution in [3.63, 3.8) is 0 Å². The third-order valence-corrected chi connectivity index (χ3v) is 7.78. The van der Waals surface area contributed by atoms with E-state index in [9.17, 15) is 13.2 Å². The second kappa shape index (κ2) is 5.93. The third-order valence-electron chi connectivity index (χ3n) is 5.78. The van der Waals surface area contributed by atoms with E-state index in [4.69, 9.17) is 0 Å². The molecule has 0 aromatic heterocycles. The highest BCUT2D eigenvalue weighted by Crippen LogP contribution is 2.42. The molecule has 2 aliphatic rings. The lowest BCUT2D eigenvalue weighted by molar-refractivity contribution is -0.137. The summed E-state index contributed by atoms with van der Waals surface area (Å²) in [5, 5.41) is 0. The summed E-state index contributed by atoms with van der Waals surface area (Å²) in [6.45, 7) is 2.74. The van der Waals surface area contributed by atoms with Crippen LogP contribution in [0.5, 0.6) is 0 Å². The second-order valence-corrected chi connectivity index (χ2v) is 9.42. The second-order valence-electron chi connectivity index (χ2n) is 7.10. The summed E-state index contributed by atoms with van der Waals surface area (Å²) < 4.78 is 23.2. The summed E-state index contributed by atoms with van der Waals surface area (Å²) >= 11 is 0. The van der Waals surface area contributed by atoms with Gasteiger partial charge in [0.1, 0.15) is 0 Å². The van der Waals surface area contributed by atoms with Crippen LogP contribution in [0.15, 0.2) is 30.3 Å². The third kappa shape index (κ3) is 2.80. The van der Waals surface area contributed by atoms with Gasteiger partial charge in [-0.15, -0.1) is 0 Å². The molecule has 1 aliphatic heterocycles. The van der Waals surface area contributed by atoms with Crippen molar-refractivity contribution in [1.29, 1.82) is 0 Å². The normalized spacial score (nSPS) is 26.8. The molecule has 23 heavy (non-hydrogen) atoms. The van der Waals surface area contributed by atoms with E-state index in [0.717, 1.165) is 19.3 Å². The maximum Gasteiger partial charge on any atom is 0.244 e. The Bertz CT molecular complexity index is 679. The molecule has 0 spiro atoms. The standard InChI is InChI=1S/C18H25NO3S/c1-14-16(13-15-7-4-3-5-8-15)9-12-19(14)17(20)18(10-6-11-18)23(2,21)22/h3-5,7-8,14,16H,6,9-13H2,1-2H3/t14-,16+/m1/s1. The Hall–Kier alpha value is -1.36. The van der Waals surface area contributed by atoms with Crippen molar-refractivity contribution in [2.45, 2.75) is 49.8 Å². The van der Waals surface area contributed by atoms with Crippen LogP contribution >= 0.6 is 0 Å². The zero-order valence-electron chi connectivity index (χ0n) is 13.9. The number of carbonyl (C=O) groups excluding carboxylic acids is 1. The summed E-state index contributed by atoms with van der Waals surface area (Å²) in [6, 6.07) is 10.4. The van der Waals surface area contributed by atoms with Gasteiger partial charge in [-0.05, 0) is 50.5 Å². The monoisotopic (exact) mass is 335 g/mol. The number of amides is 1. The minimum absolute atomic E-state index is 0.0990. The van der Waals surface area contributed by atoms with Crippen LogP contribution in [-0.4, -0.2) is 42.8 Å². The van der Waals surface area contributed by atoms with E-state index in [-0.39, 0.29) is 11.9 Å². The first-order valence-corrected chi connectivity index (χ1v) is 10.3. The maximum absolute atomic E-state index is 13.0. The molecule has 0 bridgehead atoms. The summed E-state index contributed by atoms with van der Waals surface area (Å²) in [6.07, 6.45) is 4.90. The fourth-order valence-electron chi connectivity index (χ4n) is 3.98. The van der Waals surface area contributed by atoms with Gasteiger partial charge in [0.15, 0.2) is 14.6 Å². The van der Waals surface area contributed by atoms with Gasteiger partial charge in [0.05, 0.1) is 0 Å². The van der Waals surface area contributed by atoms with Gasteiger partial charge in [-0.3, -0.25) is 4.79 Å². The zero-order chi connectivity index (χ0) is 16.7. The van der Waals surface area contributed by atoms with Gasteiger partial charge in [-0.1, -0.05) is 30.3 Å². The lowest BCUT2D eigenvalue weighted by atomic mass is 9.82. The Morgan fingerprint density at radius 3 is 2.43 bits per heavy atom. The Labute approximate surface area is 138 Å². The van der Waals surface area contributed by atoms with E-state index < -0.39 is 14.6 Å². The van der Waals surface area contributed by atoms with E-state index in [1.165, 1.54) is 11.8 Å². The predicted octanol–water partition coefficient (Wildman–Crippen LogP) is 2.43. The Kier molecular flexibility index (Phi) is 4.25. The smallest absolute Gasteiger partial charge is 0.244 e. The molecule has 4 nitrogen and oxygen atoms in total. The topological polar surface area (TPSA) is 54.5 Å². The molecule has 5 heteroatoms. The number of likely N-dealkylation sites (tertiary alicyclic amines) is 1. The van der Waals surface area contributed by atoms with Crippen LogP contribution in [0.3, 0.4) is 0 Å². The zero-order valence-corrected chi connectivity index (χ0v) is 14.7. The van der Waals surface area contributed by atoms with Gasteiger partial charge >= 0.3 is 0 Å². The first-order chi connectivity index (χ1) is 10.8. The minimum atomic E-state index is -3.36. The number of sulfone groups is 1. The molecule has 0 radical (unpaired) electrons. The molecule has 1 aliphatic carbocycles. The van der Waals surface area contributed by atoms with Gasteiger partial charge in [0.2, 0.25) is 5.91 Å². The Balaban J connectivity index is 1.74. The first-order valence-electron chi connectivity index (χ1n) is 8.40. The molecule has 2 atom stereocenters. The predicted molar refractivity (Wildman–Crippen MR) is 90.9 cm³/mol. The molecule has 3 rings (SSSR count). The van der Waals surface area contributed by atoms with Crippen molar-refractivity contribution in [2.75, 3.05) is 12.8 Å². The molecular formula is C18H25NO3S. The van der Waals surface area contributed by atoms with Gasteiger partial charge in [0, 0.05) is 18.8 Å². The van der Waals surface area contributed by atoms with Crippen molar-refractivity contribution in [3.8, 4) is 0 Å². The lowest BCUT2D eigenvalue weighted by Crippen LogP contribution is -2.58. The number of carbonyl (C=O) groups is 1. The van der Waals surface area contributed by atoms with Crippen LogP contribution in [0.2, 0.25) is 0 Å². The van der Waals surface area contributed by atoms with Crippen molar-refractivity contribution >= 4 is 15.7 Å². The van der Waals surface area contributed by atoms with Crippen LogP contribution < -0.4 is 0 Å². The molecular weight excluding hydrogens is 310 g/mol. The molecule has 1 saturated heterocycles. The number of benzene rings is 1. The van der Waals surface area contributed by atoms with Crippen LogP contribution in [0.25, 0.3) is 0 Å². The van der Waals surface area contributed by atoms with Crippen molar-refractivity contribution in [3.05, 3.63) is 35.9 Å². The number of nitrogens with zero attached hydrogens (tertiary/aromatic N) is 1. The van der Waals surface area contributed by atoms with Crippen molar-refractivity contribution in [1.82, 2.24) is 4.90 Å². The highest BCUT2D eigenvalue weighted by atomic mass is 32.2. The molecule has 1 saturated carbocycles. The minimum Gasteiger partial charge on any atom is -0.338 e. The molecule has 1 heterocycles. The summed E-state index contributed by atoms with van der Waals surface area (Å²) in [4.78, 5) is 14.8. The number of rotatable bonds is 4. The fourth-order valence-corrected chi connectivity index (χ4v) is 5.45. The van der Waals surface area contributed by atoms with Crippen molar-refractivity contribution in [2.24, 2.45) is 5.92 Å². The van der Waals surface area contributed by atoms with E-state index in [2.05, 4.69) is 19.1 Å². The lowest BCUT2D eigenvalue weighted by Gasteiger charge is -2.42. The molecule has 1 aromatic carbocycles. The van der Waals surface area contributed by atoms with E-state index >= 15 is 0 Å². The van der Waals surface area contributed by atoms with Crippen LogP contribution in [0.4, 0.5) is 0 Å². The molecule has 1 amide bonds. The largest absolute Gasteiger partial charge is 0.338 e. The molecule has 2 fully saturated rings. The maximum atomic E-state index is 13.0. The highest BCUT2D eigenvalue weighted by Gasteiger charge is 2.56. The van der Waals surface area contributed by atoms with Crippen LogP contribution in [-0.2, 0) is 21.1 Å². The van der Waals surface area contributed by atoms with Gasteiger partial charge in [-0.2, -0.15) is 0 Å². The van der Waals surface area contributed by atoms with Gasteiger partial charge < -0.3 is 4.90 Å². The molecule has 0 N–H and O–H groups in total. The van der Waals surface area contributed by atoms with E-state index in [1.54, 1.807) is 0 Å². The number of hydrogen-bond acceptors (Lipinski definition) is 3. The SMILES string of the molecule is C[C@@H]1[C@H](Cc2ccccc2)CCN1C(=O)C1(S(C)(=O)=O)CCC1. The van der Waals surface area contributed by atoms with Crippen LogP contribution in [0.1, 0.15) is 38.2 Å². The molecule has 126 valence electrons. The first kappa shape index (κ1) is 16.5. The van der Waals surface area contributed by atoms with E-state index in [1.807, 2.05) is 23.1 Å². The average Bonchev–Trinajstić information content (AvgIpc) is 2.78. The highest BCUT2D eigenvalue weighted by molar-refractivity contribution is 7.93. The summed E-state index contributed by atoms with van der Waals surface area (Å²) in [7, 11) is -3.36. The fraction of sp³-hybridized carbons (Fsp3) is 0.611. The quantitative estimate of drug-likeness (QED) is 0.849. The Morgan fingerprint density at radius 2 is 1.91 bits per heavy atom. The molecule has 1 aromatic rings. The van der Waals surface area contributed by atoms with Gasteiger partial charge in [0.25, 0.3) is 0 Å². The molecule has 0 unspecified atom stereocenters. The van der Waals surface area contributed by atoms with Crippen LogP contribution in [0, 0.1) is 5.92 Å². The summed E-state index contributed by atoms with van der Waals surface area (Å²) in [5.74, 6) is 0.243. The van der Waals surface area contributed by atoms with E-state index in [0.29, 0.717) is 25.3 Å². The summed E-state index contributed by atoms with van der Waals surface area (Å²) in [5.41, 5.74) is 1.28. The Morgan fingerprint density at radius 1 is 1.26 bits per heavy atom.